The van der Waals surface area contributed by atoms with Gasteiger partial charge in [-0.3, -0.25) is 4.79 Å². The van der Waals surface area contributed by atoms with Crippen molar-refractivity contribution in [2.45, 2.75) is 12.8 Å². The molecular formula is C11H14FN3O. The van der Waals surface area contributed by atoms with E-state index >= 15 is 0 Å². The Bertz CT molecular complexity index is 371. The molecule has 0 radical (unpaired) electrons. The highest BCUT2D eigenvalue weighted by molar-refractivity contribution is 5.76. The number of pyridine rings is 1. The molecule has 1 aliphatic rings. The molecule has 1 fully saturated rings. The summed E-state index contributed by atoms with van der Waals surface area (Å²) in [5.41, 5.74) is 5.25. The average Bonchev–Trinajstić information content (AvgIpc) is 2.30. The summed E-state index contributed by atoms with van der Waals surface area (Å²) in [6.07, 6.45) is 2.69. The minimum Gasteiger partial charge on any atom is -0.369 e. The fourth-order valence-electron chi connectivity index (χ4n) is 1.95. The lowest BCUT2D eigenvalue weighted by Crippen LogP contribution is -2.38. The Hall–Kier alpha value is -1.65. The van der Waals surface area contributed by atoms with E-state index in [1.165, 1.54) is 12.3 Å². The molecule has 2 heterocycles. The predicted octanol–water partition coefficient (Wildman–Crippen LogP) is 0.922. The van der Waals surface area contributed by atoms with Crippen LogP contribution in [0, 0.1) is 11.7 Å². The second kappa shape index (κ2) is 4.47. The third-order valence-electron chi connectivity index (χ3n) is 2.93. The first-order valence-electron chi connectivity index (χ1n) is 5.32. The molecule has 0 aromatic carbocycles. The van der Waals surface area contributed by atoms with Crippen LogP contribution in [0.3, 0.4) is 0 Å². The molecule has 0 bridgehead atoms. The van der Waals surface area contributed by atoms with Gasteiger partial charge in [0.2, 0.25) is 5.91 Å². The molecule has 1 saturated heterocycles. The Morgan fingerprint density at radius 3 is 2.62 bits per heavy atom. The first-order chi connectivity index (χ1) is 7.66. The van der Waals surface area contributed by atoms with Gasteiger partial charge in [0.15, 0.2) is 0 Å². The van der Waals surface area contributed by atoms with Gasteiger partial charge in [0, 0.05) is 19.0 Å². The van der Waals surface area contributed by atoms with Crippen LogP contribution in [-0.4, -0.2) is 24.0 Å². The van der Waals surface area contributed by atoms with E-state index < -0.39 is 0 Å². The minimum absolute atomic E-state index is 0.0308. The number of rotatable bonds is 2. The molecule has 0 unspecified atom stereocenters. The highest BCUT2D eigenvalue weighted by atomic mass is 19.1. The smallest absolute Gasteiger partial charge is 0.220 e. The van der Waals surface area contributed by atoms with E-state index in [9.17, 15) is 9.18 Å². The molecule has 0 spiro atoms. The molecular weight excluding hydrogens is 209 g/mol. The third kappa shape index (κ3) is 2.29. The van der Waals surface area contributed by atoms with Crippen molar-refractivity contribution >= 4 is 11.7 Å². The molecule has 1 aromatic heterocycles. The number of nitrogens with two attached hydrogens (primary N) is 1. The molecule has 1 amide bonds. The zero-order chi connectivity index (χ0) is 11.5. The van der Waals surface area contributed by atoms with Crippen molar-refractivity contribution < 1.29 is 9.18 Å². The van der Waals surface area contributed by atoms with Gasteiger partial charge in [-0.1, -0.05) is 0 Å². The number of nitrogens with zero attached hydrogens (tertiary/aromatic N) is 2. The normalized spacial score (nSPS) is 17.4. The molecule has 1 aliphatic heterocycles. The Labute approximate surface area is 93.3 Å². The van der Waals surface area contributed by atoms with Crippen LogP contribution in [0.5, 0.6) is 0 Å². The van der Waals surface area contributed by atoms with E-state index in [1.54, 1.807) is 6.07 Å². The molecule has 16 heavy (non-hydrogen) atoms. The maximum absolute atomic E-state index is 12.7. The molecule has 4 nitrogen and oxygen atoms in total. The molecule has 2 rings (SSSR count). The number of anilines is 1. The van der Waals surface area contributed by atoms with Crippen LogP contribution in [-0.2, 0) is 4.79 Å². The van der Waals surface area contributed by atoms with Crippen molar-refractivity contribution in [1.82, 2.24) is 4.98 Å². The lowest BCUT2D eigenvalue weighted by molar-refractivity contribution is -0.122. The molecule has 0 atom stereocenters. The van der Waals surface area contributed by atoms with E-state index in [0.29, 0.717) is 0 Å². The van der Waals surface area contributed by atoms with Crippen LogP contribution in [0.15, 0.2) is 18.3 Å². The number of primary amides is 1. The Morgan fingerprint density at radius 2 is 2.12 bits per heavy atom. The number of carbonyl (C=O) groups is 1. The van der Waals surface area contributed by atoms with Gasteiger partial charge in [-0.25, -0.2) is 9.37 Å². The predicted molar refractivity (Wildman–Crippen MR) is 58.3 cm³/mol. The number of halogens is 1. The SMILES string of the molecule is NC(=O)C1CCN(c2ccc(F)cn2)CC1. The second-order valence-electron chi connectivity index (χ2n) is 4.00. The fourth-order valence-corrected chi connectivity index (χ4v) is 1.95. The van der Waals surface area contributed by atoms with Crippen LogP contribution in [0.4, 0.5) is 10.2 Å². The lowest BCUT2D eigenvalue weighted by atomic mass is 9.96. The summed E-state index contributed by atoms with van der Waals surface area (Å²) in [6, 6.07) is 3.04. The van der Waals surface area contributed by atoms with Crippen molar-refractivity contribution in [2.24, 2.45) is 11.7 Å². The first kappa shape index (κ1) is 10.9. The highest BCUT2D eigenvalue weighted by Crippen LogP contribution is 2.21. The summed E-state index contributed by atoms with van der Waals surface area (Å²) < 4.78 is 12.7. The van der Waals surface area contributed by atoms with E-state index in [2.05, 4.69) is 4.98 Å². The van der Waals surface area contributed by atoms with Crippen LogP contribution in [0.1, 0.15) is 12.8 Å². The number of hydrogen-bond acceptors (Lipinski definition) is 3. The summed E-state index contributed by atoms with van der Waals surface area (Å²) in [5.74, 6) is 0.156. The van der Waals surface area contributed by atoms with Gasteiger partial charge in [0.05, 0.1) is 6.20 Å². The minimum atomic E-state index is -0.337. The number of hydrogen-bond donors (Lipinski definition) is 1. The standard InChI is InChI=1S/C11H14FN3O/c12-9-1-2-10(14-7-9)15-5-3-8(4-6-15)11(13)16/h1-2,7-8H,3-6H2,(H2,13,16). The van der Waals surface area contributed by atoms with Crippen LogP contribution in [0.25, 0.3) is 0 Å². The molecule has 5 heteroatoms. The first-order valence-corrected chi connectivity index (χ1v) is 5.32. The quantitative estimate of drug-likeness (QED) is 0.811. The number of piperidine rings is 1. The van der Waals surface area contributed by atoms with E-state index in [1.807, 2.05) is 4.90 Å². The van der Waals surface area contributed by atoms with Crippen molar-refractivity contribution in [2.75, 3.05) is 18.0 Å². The van der Waals surface area contributed by atoms with E-state index in [-0.39, 0.29) is 17.6 Å². The maximum atomic E-state index is 12.7. The number of amides is 1. The van der Waals surface area contributed by atoms with Gasteiger partial charge < -0.3 is 10.6 Å². The molecule has 0 aliphatic carbocycles. The summed E-state index contributed by atoms with van der Waals surface area (Å²) >= 11 is 0. The monoisotopic (exact) mass is 223 g/mol. The van der Waals surface area contributed by atoms with Gasteiger partial charge in [0.1, 0.15) is 11.6 Å². The van der Waals surface area contributed by atoms with Gasteiger partial charge in [-0.05, 0) is 25.0 Å². The van der Waals surface area contributed by atoms with Crippen molar-refractivity contribution in [3.63, 3.8) is 0 Å². The van der Waals surface area contributed by atoms with Crippen molar-refractivity contribution in [3.05, 3.63) is 24.1 Å². The largest absolute Gasteiger partial charge is 0.369 e. The van der Waals surface area contributed by atoms with E-state index in [0.717, 1.165) is 31.7 Å². The average molecular weight is 223 g/mol. The molecule has 1 aromatic rings. The fraction of sp³-hybridized carbons (Fsp3) is 0.455. The van der Waals surface area contributed by atoms with Crippen molar-refractivity contribution in [3.8, 4) is 0 Å². The molecule has 0 saturated carbocycles. The van der Waals surface area contributed by atoms with Gasteiger partial charge in [0.25, 0.3) is 0 Å². The summed E-state index contributed by atoms with van der Waals surface area (Å²) in [4.78, 5) is 17.0. The highest BCUT2D eigenvalue weighted by Gasteiger charge is 2.23. The lowest BCUT2D eigenvalue weighted by Gasteiger charge is -2.31. The maximum Gasteiger partial charge on any atom is 0.220 e. The number of carbonyl (C=O) groups excluding carboxylic acids is 1. The number of aromatic nitrogens is 1. The van der Waals surface area contributed by atoms with Crippen LogP contribution >= 0.6 is 0 Å². The zero-order valence-electron chi connectivity index (χ0n) is 8.90. The van der Waals surface area contributed by atoms with Gasteiger partial charge >= 0.3 is 0 Å². The molecule has 86 valence electrons. The summed E-state index contributed by atoms with van der Waals surface area (Å²) in [5, 5.41) is 0. The topological polar surface area (TPSA) is 59.2 Å². The van der Waals surface area contributed by atoms with Gasteiger partial charge in [-0.2, -0.15) is 0 Å². The summed E-state index contributed by atoms with van der Waals surface area (Å²) in [6.45, 7) is 1.48. The summed E-state index contributed by atoms with van der Waals surface area (Å²) in [7, 11) is 0. The second-order valence-corrected chi connectivity index (χ2v) is 4.00. The van der Waals surface area contributed by atoms with Crippen molar-refractivity contribution in [1.29, 1.82) is 0 Å². The van der Waals surface area contributed by atoms with E-state index in [4.69, 9.17) is 5.73 Å². The van der Waals surface area contributed by atoms with Gasteiger partial charge in [-0.15, -0.1) is 0 Å². The van der Waals surface area contributed by atoms with Crippen LogP contribution in [0.2, 0.25) is 0 Å². The molecule has 2 N–H and O–H groups in total. The Kier molecular flexibility index (Phi) is 3.03. The Morgan fingerprint density at radius 1 is 1.44 bits per heavy atom. The van der Waals surface area contributed by atoms with Crippen LogP contribution < -0.4 is 10.6 Å². The Balaban J connectivity index is 1.99. The zero-order valence-corrected chi connectivity index (χ0v) is 8.90. The third-order valence-corrected chi connectivity index (χ3v) is 2.93.